The number of hydrogen-bond donors (Lipinski definition) is 0. The standard InChI is InChI=1S/C8H5F2NO3/c9-5-2-7(11(12)13)6(10)1-4(5)8-3-14-8/h1-2,8H,3H2/t8-/m1/s1. The zero-order chi connectivity index (χ0) is 10.3. The van der Waals surface area contributed by atoms with Crippen molar-refractivity contribution in [3.8, 4) is 0 Å². The third kappa shape index (κ3) is 1.44. The summed E-state index contributed by atoms with van der Waals surface area (Å²) in [7, 11) is 0. The Bertz CT molecular complexity index is 404. The minimum Gasteiger partial charge on any atom is -0.368 e. The number of epoxide rings is 1. The van der Waals surface area contributed by atoms with E-state index < -0.39 is 28.3 Å². The van der Waals surface area contributed by atoms with Crippen molar-refractivity contribution in [2.75, 3.05) is 6.61 Å². The van der Waals surface area contributed by atoms with E-state index in [1.807, 2.05) is 0 Å². The topological polar surface area (TPSA) is 55.7 Å². The van der Waals surface area contributed by atoms with E-state index in [0.717, 1.165) is 6.07 Å². The quantitative estimate of drug-likeness (QED) is 0.417. The van der Waals surface area contributed by atoms with Gasteiger partial charge in [0.2, 0.25) is 5.82 Å². The maximum Gasteiger partial charge on any atom is 0.307 e. The van der Waals surface area contributed by atoms with Crippen LogP contribution in [0.5, 0.6) is 0 Å². The predicted molar refractivity (Wildman–Crippen MR) is 41.7 cm³/mol. The lowest BCUT2D eigenvalue weighted by atomic mass is 10.1. The van der Waals surface area contributed by atoms with Crippen molar-refractivity contribution in [3.05, 3.63) is 39.4 Å². The van der Waals surface area contributed by atoms with Crippen LogP contribution in [-0.4, -0.2) is 11.5 Å². The highest BCUT2D eigenvalue weighted by Gasteiger charge is 2.30. The van der Waals surface area contributed by atoms with Crippen LogP contribution in [0.25, 0.3) is 0 Å². The van der Waals surface area contributed by atoms with Gasteiger partial charge in [-0.1, -0.05) is 0 Å². The molecular formula is C8H5F2NO3. The molecule has 0 spiro atoms. The van der Waals surface area contributed by atoms with Crippen LogP contribution in [-0.2, 0) is 4.74 Å². The summed E-state index contributed by atoms with van der Waals surface area (Å²) in [5.74, 6) is -1.84. The molecule has 0 saturated carbocycles. The van der Waals surface area contributed by atoms with Crippen molar-refractivity contribution in [1.29, 1.82) is 0 Å². The molecule has 0 aromatic heterocycles. The van der Waals surface area contributed by atoms with Crippen LogP contribution in [0.4, 0.5) is 14.5 Å². The molecule has 1 aromatic carbocycles. The number of halogens is 2. The van der Waals surface area contributed by atoms with Crippen LogP contribution < -0.4 is 0 Å². The molecule has 1 fully saturated rings. The van der Waals surface area contributed by atoms with Gasteiger partial charge >= 0.3 is 5.69 Å². The lowest BCUT2D eigenvalue weighted by molar-refractivity contribution is -0.387. The minimum atomic E-state index is -1.04. The normalized spacial score (nSPS) is 19.4. The van der Waals surface area contributed by atoms with Gasteiger partial charge in [-0.15, -0.1) is 0 Å². The van der Waals surface area contributed by atoms with E-state index in [9.17, 15) is 18.9 Å². The SMILES string of the molecule is O=[N+]([O-])c1cc(F)c([C@H]2CO2)cc1F. The van der Waals surface area contributed by atoms with Crippen molar-refractivity contribution >= 4 is 5.69 Å². The van der Waals surface area contributed by atoms with Crippen LogP contribution >= 0.6 is 0 Å². The molecule has 4 nitrogen and oxygen atoms in total. The third-order valence-corrected chi connectivity index (χ3v) is 1.94. The molecule has 14 heavy (non-hydrogen) atoms. The maximum atomic E-state index is 13.1. The lowest BCUT2D eigenvalue weighted by Gasteiger charge is -1.99. The Morgan fingerprint density at radius 2 is 2.07 bits per heavy atom. The van der Waals surface area contributed by atoms with Crippen LogP contribution in [0.3, 0.4) is 0 Å². The maximum absolute atomic E-state index is 13.1. The number of hydrogen-bond acceptors (Lipinski definition) is 3. The summed E-state index contributed by atoms with van der Waals surface area (Å²) < 4.78 is 30.9. The third-order valence-electron chi connectivity index (χ3n) is 1.94. The Morgan fingerprint density at radius 1 is 1.43 bits per heavy atom. The van der Waals surface area contributed by atoms with Crippen LogP contribution in [0, 0.1) is 21.7 Å². The van der Waals surface area contributed by atoms with Crippen molar-refractivity contribution in [1.82, 2.24) is 0 Å². The zero-order valence-electron chi connectivity index (χ0n) is 6.87. The van der Waals surface area contributed by atoms with Crippen molar-refractivity contribution in [2.24, 2.45) is 0 Å². The second-order valence-corrected chi connectivity index (χ2v) is 2.90. The summed E-state index contributed by atoms with van der Waals surface area (Å²) in [5, 5.41) is 10.2. The molecule has 6 heteroatoms. The van der Waals surface area contributed by atoms with Gasteiger partial charge in [0.25, 0.3) is 0 Å². The Kier molecular flexibility index (Phi) is 1.92. The zero-order valence-corrected chi connectivity index (χ0v) is 6.87. The minimum absolute atomic E-state index is 0.0353. The Labute approximate surface area is 77.3 Å². The summed E-state index contributed by atoms with van der Waals surface area (Å²) in [6.45, 7) is 0.328. The highest BCUT2D eigenvalue weighted by atomic mass is 19.1. The first kappa shape index (κ1) is 9.01. The number of nitrogens with zero attached hydrogens (tertiary/aromatic N) is 1. The van der Waals surface area contributed by atoms with E-state index in [1.165, 1.54) is 0 Å². The molecule has 1 atom stereocenters. The van der Waals surface area contributed by atoms with Crippen LogP contribution in [0.1, 0.15) is 11.7 Å². The first-order valence-electron chi connectivity index (χ1n) is 3.84. The summed E-state index contributed by atoms with van der Waals surface area (Å²) in [4.78, 5) is 9.28. The molecule has 0 unspecified atom stereocenters. The predicted octanol–water partition coefficient (Wildman–Crippen LogP) is 1.94. The number of ether oxygens (including phenoxy) is 1. The van der Waals surface area contributed by atoms with E-state index in [1.54, 1.807) is 0 Å². The van der Waals surface area contributed by atoms with Gasteiger partial charge in [-0.3, -0.25) is 10.1 Å². The first-order valence-corrected chi connectivity index (χ1v) is 3.84. The fourth-order valence-electron chi connectivity index (χ4n) is 1.17. The second kappa shape index (κ2) is 2.98. The average Bonchev–Trinajstić information content (AvgIpc) is 2.91. The molecule has 2 rings (SSSR count). The highest BCUT2D eigenvalue weighted by Crippen LogP contribution is 2.34. The van der Waals surface area contributed by atoms with Gasteiger partial charge in [0, 0.05) is 5.56 Å². The molecule has 1 aliphatic rings. The first-order chi connectivity index (χ1) is 6.59. The largest absolute Gasteiger partial charge is 0.368 e. The molecule has 74 valence electrons. The van der Waals surface area contributed by atoms with Gasteiger partial charge in [0.15, 0.2) is 0 Å². The van der Waals surface area contributed by atoms with E-state index in [2.05, 4.69) is 0 Å². The van der Waals surface area contributed by atoms with Gasteiger partial charge in [-0.2, -0.15) is 4.39 Å². The Balaban J connectivity index is 2.48. The molecule has 1 saturated heterocycles. The van der Waals surface area contributed by atoms with Crippen molar-refractivity contribution in [2.45, 2.75) is 6.10 Å². The van der Waals surface area contributed by atoms with Gasteiger partial charge in [-0.25, -0.2) is 4.39 Å². The molecule has 1 aromatic rings. The van der Waals surface area contributed by atoms with E-state index in [-0.39, 0.29) is 5.56 Å². The van der Waals surface area contributed by atoms with Gasteiger partial charge in [0.1, 0.15) is 11.9 Å². The van der Waals surface area contributed by atoms with Gasteiger partial charge in [0.05, 0.1) is 17.6 Å². The molecule has 0 radical (unpaired) electrons. The molecule has 1 heterocycles. The molecule has 0 bridgehead atoms. The Morgan fingerprint density at radius 3 is 2.57 bits per heavy atom. The van der Waals surface area contributed by atoms with Crippen molar-refractivity contribution < 1.29 is 18.4 Å². The van der Waals surface area contributed by atoms with Crippen molar-refractivity contribution in [3.63, 3.8) is 0 Å². The summed E-state index contributed by atoms with van der Waals surface area (Å²) in [6, 6.07) is 1.39. The number of benzene rings is 1. The monoisotopic (exact) mass is 201 g/mol. The Hall–Kier alpha value is -1.56. The highest BCUT2D eigenvalue weighted by molar-refractivity contribution is 5.37. The van der Waals surface area contributed by atoms with E-state index in [4.69, 9.17) is 4.74 Å². The van der Waals surface area contributed by atoms with Gasteiger partial charge < -0.3 is 4.74 Å². The molecule has 0 amide bonds. The average molecular weight is 201 g/mol. The smallest absolute Gasteiger partial charge is 0.307 e. The lowest BCUT2D eigenvalue weighted by Crippen LogP contribution is -1.97. The number of nitro groups is 1. The second-order valence-electron chi connectivity index (χ2n) is 2.90. The summed E-state index contributed by atoms with van der Waals surface area (Å²) >= 11 is 0. The van der Waals surface area contributed by atoms with Crippen LogP contribution in [0.15, 0.2) is 12.1 Å². The summed E-state index contributed by atoms with van der Waals surface area (Å²) in [5.41, 5.74) is -0.819. The fraction of sp³-hybridized carbons (Fsp3) is 0.250. The van der Waals surface area contributed by atoms with Crippen LogP contribution in [0.2, 0.25) is 0 Å². The molecule has 0 N–H and O–H groups in total. The van der Waals surface area contributed by atoms with Gasteiger partial charge in [-0.05, 0) is 6.07 Å². The molecule has 1 aliphatic heterocycles. The van der Waals surface area contributed by atoms with E-state index >= 15 is 0 Å². The molecular weight excluding hydrogens is 196 g/mol. The number of rotatable bonds is 2. The molecule has 0 aliphatic carbocycles. The fourth-order valence-corrected chi connectivity index (χ4v) is 1.17. The number of nitro benzene ring substituents is 1. The van der Waals surface area contributed by atoms with E-state index in [0.29, 0.717) is 12.7 Å². The summed E-state index contributed by atoms with van der Waals surface area (Å²) in [6.07, 6.45) is -0.453.